The summed E-state index contributed by atoms with van der Waals surface area (Å²) in [5.74, 6) is 0.0786. The molecular weight excluding hydrogens is 369 g/mol. The number of fused-ring (bicyclic) bond motifs is 1. The van der Waals surface area contributed by atoms with Crippen molar-refractivity contribution < 1.29 is 23.1 Å². The molecule has 0 saturated heterocycles. The molecule has 8 heteroatoms. The van der Waals surface area contributed by atoms with Crippen LogP contribution in [0.25, 0.3) is 10.8 Å². The summed E-state index contributed by atoms with van der Waals surface area (Å²) in [5, 5.41) is 15.7. The molecule has 0 spiro atoms. The largest absolute Gasteiger partial charge is 0.508 e. The van der Waals surface area contributed by atoms with Crippen molar-refractivity contribution in [3.05, 3.63) is 65.2 Å². The van der Waals surface area contributed by atoms with Gasteiger partial charge in [-0.2, -0.15) is 13.2 Å². The second kappa shape index (κ2) is 6.76. The number of rotatable bonds is 2. The molecule has 0 fully saturated rings. The van der Waals surface area contributed by atoms with Gasteiger partial charge in [0.25, 0.3) is 0 Å². The predicted octanol–water partition coefficient (Wildman–Crippen LogP) is 5.86. The van der Waals surface area contributed by atoms with Gasteiger partial charge in [-0.15, -0.1) is 0 Å². The minimum atomic E-state index is -4.55. The highest BCUT2D eigenvalue weighted by molar-refractivity contribution is 6.33. The number of phenolic OH excluding ortho intramolecular Hbond substituents is 1. The van der Waals surface area contributed by atoms with E-state index in [4.69, 9.17) is 11.6 Å². The van der Waals surface area contributed by atoms with E-state index in [1.54, 1.807) is 24.3 Å². The van der Waals surface area contributed by atoms with Gasteiger partial charge in [0.1, 0.15) is 5.75 Å². The fourth-order valence-electron chi connectivity index (χ4n) is 2.45. The van der Waals surface area contributed by atoms with Crippen LogP contribution < -0.4 is 10.6 Å². The van der Waals surface area contributed by atoms with Crippen LogP contribution in [0, 0.1) is 0 Å². The third-order valence-electron chi connectivity index (χ3n) is 3.65. The number of urea groups is 1. The number of carbonyl (C=O) groups is 1. The lowest BCUT2D eigenvalue weighted by Crippen LogP contribution is -2.20. The van der Waals surface area contributed by atoms with E-state index >= 15 is 0 Å². The Bertz CT molecular complexity index is 990. The predicted molar refractivity (Wildman–Crippen MR) is 94.7 cm³/mol. The molecule has 134 valence electrons. The first-order chi connectivity index (χ1) is 12.2. The van der Waals surface area contributed by atoms with Crippen LogP contribution in [0.3, 0.4) is 0 Å². The SMILES string of the molecule is O=C(Nc1cc(C(F)(F)F)ccc1Cl)Nc1cccc2cc(O)ccc12. The number of anilines is 2. The minimum absolute atomic E-state index is 0.0176. The number of halogens is 4. The molecule has 4 nitrogen and oxygen atoms in total. The average molecular weight is 381 g/mol. The molecule has 0 atom stereocenters. The average Bonchev–Trinajstić information content (AvgIpc) is 2.55. The summed E-state index contributed by atoms with van der Waals surface area (Å²) in [6.45, 7) is 0. The molecule has 0 unspecified atom stereocenters. The molecule has 0 aliphatic rings. The summed E-state index contributed by atoms with van der Waals surface area (Å²) < 4.78 is 38.4. The minimum Gasteiger partial charge on any atom is -0.508 e. The lowest BCUT2D eigenvalue weighted by Gasteiger charge is -2.13. The second-order valence-electron chi connectivity index (χ2n) is 5.48. The molecule has 3 aromatic rings. The van der Waals surface area contributed by atoms with Crippen molar-refractivity contribution in [2.75, 3.05) is 10.6 Å². The van der Waals surface area contributed by atoms with Gasteiger partial charge in [-0.1, -0.05) is 23.7 Å². The zero-order valence-electron chi connectivity index (χ0n) is 13.1. The number of carbonyl (C=O) groups excluding carboxylic acids is 1. The Labute approximate surface area is 151 Å². The zero-order chi connectivity index (χ0) is 18.9. The zero-order valence-corrected chi connectivity index (χ0v) is 13.8. The maximum absolute atomic E-state index is 12.8. The number of nitrogens with one attached hydrogen (secondary N) is 2. The summed E-state index contributed by atoms with van der Waals surface area (Å²) >= 11 is 5.87. The lowest BCUT2D eigenvalue weighted by molar-refractivity contribution is -0.137. The molecule has 26 heavy (non-hydrogen) atoms. The maximum atomic E-state index is 12.8. The molecule has 0 aromatic heterocycles. The highest BCUT2D eigenvalue weighted by atomic mass is 35.5. The smallest absolute Gasteiger partial charge is 0.416 e. The fourth-order valence-corrected chi connectivity index (χ4v) is 2.62. The third kappa shape index (κ3) is 3.83. The van der Waals surface area contributed by atoms with E-state index in [0.717, 1.165) is 18.2 Å². The van der Waals surface area contributed by atoms with Crippen LogP contribution in [-0.4, -0.2) is 11.1 Å². The van der Waals surface area contributed by atoms with Crippen LogP contribution in [0.5, 0.6) is 5.75 Å². The molecule has 3 N–H and O–H groups in total. The highest BCUT2D eigenvalue weighted by Crippen LogP contribution is 2.34. The summed E-state index contributed by atoms with van der Waals surface area (Å²) in [5.41, 5.74) is -0.641. The normalized spacial score (nSPS) is 11.4. The molecule has 0 aliphatic heterocycles. The number of aromatic hydroxyl groups is 1. The Hall–Kier alpha value is -2.93. The van der Waals surface area contributed by atoms with Crippen molar-refractivity contribution in [1.82, 2.24) is 0 Å². The Morgan fingerprint density at radius 2 is 1.69 bits per heavy atom. The van der Waals surface area contributed by atoms with Crippen molar-refractivity contribution in [2.45, 2.75) is 6.18 Å². The van der Waals surface area contributed by atoms with E-state index in [1.165, 1.54) is 12.1 Å². The molecular formula is C18H12ClF3N2O2. The van der Waals surface area contributed by atoms with E-state index in [9.17, 15) is 23.1 Å². The quantitative estimate of drug-likeness (QED) is 0.521. The van der Waals surface area contributed by atoms with E-state index in [2.05, 4.69) is 10.6 Å². The van der Waals surface area contributed by atoms with Crippen LogP contribution in [0.2, 0.25) is 5.02 Å². The van der Waals surface area contributed by atoms with Crippen LogP contribution in [0.4, 0.5) is 29.3 Å². The molecule has 0 heterocycles. The number of phenols is 1. The van der Waals surface area contributed by atoms with Gasteiger partial charge in [0.15, 0.2) is 0 Å². The first-order valence-corrected chi connectivity index (χ1v) is 7.78. The number of amides is 2. The van der Waals surface area contributed by atoms with Gasteiger partial charge in [0, 0.05) is 5.39 Å². The van der Waals surface area contributed by atoms with Gasteiger partial charge in [0.05, 0.1) is 22.0 Å². The van der Waals surface area contributed by atoms with Crippen molar-refractivity contribution >= 4 is 39.8 Å². The lowest BCUT2D eigenvalue weighted by atomic mass is 10.1. The number of alkyl halides is 3. The molecule has 3 aromatic carbocycles. The summed E-state index contributed by atoms with van der Waals surface area (Å²) in [7, 11) is 0. The monoisotopic (exact) mass is 380 g/mol. The van der Waals surface area contributed by atoms with Crippen molar-refractivity contribution in [1.29, 1.82) is 0 Å². The molecule has 0 radical (unpaired) electrons. The number of hydrogen-bond acceptors (Lipinski definition) is 2. The van der Waals surface area contributed by atoms with E-state index in [-0.39, 0.29) is 16.5 Å². The molecule has 0 aliphatic carbocycles. The van der Waals surface area contributed by atoms with Gasteiger partial charge in [-0.05, 0) is 47.9 Å². The van der Waals surface area contributed by atoms with Crippen LogP contribution in [0.1, 0.15) is 5.56 Å². The van der Waals surface area contributed by atoms with Crippen LogP contribution >= 0.6 is 11.6 Å². The van der Waals surface area contributed by atoms with E-state index in [1.807, 2.05) is 0 Å². The number of hydrogen-bond donors (Lipinski definition) is 3. The van der Waals surface area contributed by atoms with Crippen LogP contribution in [0.15, 0.2) is 54.6 Å². The summed E-state index contributed by atoms with van der Waals surface area (Å²) in [4.78, 5) is 12.2. The van der Waals surface area contributed by atoms with Crippen molar-refractivity contribution in [3.63, 3.8) is 0 Å². The number of benzene rings is 3. The van der Waals surface area contributed by atoms with E-state index in [0.29, 0.717) is 16.5 Å². The summed E-state index contributed by atoms with van der Waals surface area (Å²) in [6, 6.07) is 11.6. The summed E-state index contributed by atoms with van der Waals surface area (Å²) in [6.07, 6.45) is -4.55. The first kappa shape index (κ1) is 17.9. The van der Waals surface area contributed by atoms with Crippen molar-refractivity contribution in [2.24, 2.45) is 0 Å². The Morgan fingerprint density at radius 1 is 0.962 bits per heavy atom. The molecule has 0 bridgehead atoms. The van der Waals surface area contributed by atoms with Crippen molar-refractivity contribution in [3.8, 4) is 5.75 Å². The second-order valence-corrected chi connectivity index (χ2v) is 5.89. The van der Waals surface area contributed by atoms with E-state index < -0.39 is 17.8 Å². The fraction of sp³-hybridized carbons (Fsp3) is 0.0556. The van der Waals surface area contributed by atoms with Crippen LogP contribution in [-0.2, 0) is 6.18 Å². The van der Waals surface area contributed by atoms with Gasteiger partial charge in [0.2, 0.25) is 0 Å². The van der Waals surface area contributed by atoms with Gasteiger partial charge < -0.3 is 15.7 Å². The molecule has 3 rings (SSSR count). The topological polar surface area (TPSA) is 61.4 Å². The van der Waals surface area contributed by atoms with Gasteiger partial charge in [-0.3, -0.25) is 0 Å². The highest BCUT2D eigenvalue weighted by Gasteiger charge is 2.31. The van der Waals surface area contributed by atoms with Gasteiger partial charge >= 0.3 is 12.2 Å². The molecule has 2 amide bonds. The molecule has 0 saturated carbocycles. The standard InChI is InChI=1S/C18H12ClF3N2O2/c19-14-7-4-11(18(20,21)22)9-16(14)24-17(26)23-15-3-1-2-10-8-12(25)5-6-13(10)15/h1-9,25H,(H2,23,24,26). The Balaban J connectivity index is 1.84. The Kier molecular flexibility index (Phi) is 4.65. The Morgan fingerprint density at radius 3 is 2.42 bits per heavy atom. The maximum Gasteiger partial charge on any atom is 0.416 e. The van der Waals surface area contributed by atoms with Gasteiger partial charge in [-0.25, -0.2) is 4.79 Å². The first-order valence-electron chi connectivity index (χ1n) is 7.40. The third-order valence-corrected chi connectivity index (χ3v) is 3.98.